The zero-order chi connectivity index (χ0) is 30.3. The van der Waals surface area contributed by atoms with Crippen molar-refractivity contribution in [1.82, 2.24) is 4.90 Å². The van der Waals surface area contributed by atoms with Crippen molar-refractivity contribution in [3.8, 4) is 5.75 Å². The van der Waals surface area contributed by atoms with Crippen LogP contribution in [0.15, 0.2) is 66.8 Å². The molecule has 2 aromatic rings. The van der Waals surface area contributed by atoms with Crippen molar-refractivity contribution < 1.29 is 29.0 Å². The first-order valence-electron chi connectivity index (χ1n) is 14.9. The molecule has 0 saturated carbocycles. The number of ether oxygens (including phenoxy) is 2. The van der Waals surface area contributed by atoms with E-state index in [0.29, 0.717) is 48.1 Å². The molecule has 3 amide bonds. The standard InChI is InChI=1S/C33H36ClN3O6/c1-3-42-23-14-12-22(13-15-23)35-18-7-11-25-26(30(35)39)27-31(40)37(17-4-5-20-38)29-32(41)36(19-8-16-33(27,29)43-25)28-21(2)9-6-10-24(28)34/h6-16,25-27,29,38H,3-5,17-20H2,1-2H3/t25-,26+,27-,29?,33-/m0/s1. The number of aliphatic hydroxyl groups is 1. The Kier molecular flexibility index (Phi) is 8.06. The first-order valence-corrected chi connectivity index (χ1v) is 15.2. The molecule has 4 heterocycles. The van der Waals surface area contributed by atoms with E-state index >= 15 is 0 Å². The van der Waals surface area contributed by atoms with Gasteiger partial charge in [0.1, 0.15) is 17.4 Å². The Morgan fingerprint density at radius 1 is 1.00 bits per heavy atom. The lowest BCUT2D eigenvalue weighted by molar-refractivity contribution is -0.140. The van der Waals surface area contributed by atoms with Crippen molar-refractivity contribution in [2.45, 2.75) is 44.4 Å². The lowest BCUT2D eigenvalue weighted by atomic mass is 9.77. The highest BCUT2D eigenvalue weighted by Crippen LogP contribution is 2.54. The van der Waals surface area contributed by atoms with Crippen LogP contribution in [-0.2, 0) is 19.1 Å². The molecule has 2 aromatic carbocycles. The number of hydrogen-bond donors (Lipinski definition) is 1. The molecule has 5 atom stereocenters. The van der Waals surface area contributed by atoms with Crippen molar-refractivity contribution in [2.75, 3.05) is 42.6 Å². The maximum atomic E-state index is 14.6. The second kappa shape index (κ2) is 11.8. The molecule has 0 radical (unpaired) electrons. The molecule has 43 heavy (non-hydrogen) atoms. The molecule has 1 spiro atoms. The van der Waals surface area contributed by atoms with E-state index < -0.39 is 29.6 Å². The third-order valence-electron chi connectivity index (χ3n) is 8.88. The molecule has 4 aliphatic rings. The molecule has 226 valence electrons. The number of fused-ring (bicyclic) bond motifs is 2. The predicted octanol–water partition coefficient (Wildman–Crippen LogP) is 3.91. The lowest BCUT2D eigenvalue weighted by Gasteiger charge is -2.36. The molecule has 0 bridgehead atoms. The number of anilines is 2. The zero-order valence-electron chi connectivity index (χ0n) is 24.3. The molecule has 10 heteroatoms. The Labute approximate surface area is 256 Å². The number of rotatable bonds is 8. The average Bonchev–Trinajstić information content (AvgIpc) is 3.30. The Bertz CT molecular complexity index is 1460. The molecular weight excluding hydrogens is 570 g/mol. The number of likely N-dealkylation sites (tertiary alicyclic amines) is 1. The van der Waals surface area contributed by atoms with Crippen LogP contribution in [0.4, 0.5) is 11.4 Å². The van der Waals surface area contributed by atoms with Gasteiger partial charge in [-0.25, -0.2) is 0 Å². The summed E-state index contributed by atoms with van der Waals surface area (Å²) in [5.74, 6) is -1.84. The smallest absolute Gasteiger partial charge is 0.253 e. The summed E-state index contributed by atoms with van der Waals surface area (Å²) >= 11 is 6.61. The lowest BCUT2D eigenvalue weighted by Crippen LogP contribution is -2.55. The van der Waals surface area contributed by atoms with E-state index in [2.05, 4.69) is 0 Å². The largest absolute Gasteiger partial charge is 0.494 e. The molecule has 1 unspecified atom stereocenters. The number of hydrogen-bond acceptors (Lipinski definition) is 6. The van der Waals surface area contributed by atoms with Crippen LogP contribution in [0.3, 0.4) is 0 Å². The molecule has 0 aromatic heterocycles. The van der Waals surface area contributed by atoms with Crippen molar-refractivity contribution in [3.63, 3.8) is 0 Å². The Morgan fingerprint density at radius 3 is 2.49 bits per heavy atom. The SMILES string of the molecule is CCOc1ccc(N2CC=C[C@@H]3O[C@]45C=CCN(c6c(C)cccc6Cl)C(=O)C4N(CCCCO)C(=O)[C@@H]5[C@@H]3C2=O)cc1. The van der Waals surface area contributed by atoms with Gasteiger partial charge in [0.05, 0.1) is 35.3 Å². The first kappa shape index (κ1) is 29.4. The minimum Gasteiger partial charge on any atom is -0.494 e. The number of carbonyl (C=O) groups is 3. The third-order valence-corrected chi connectivity index (χ3v) is 9.19. The van der Waals surface area contributed by atoms with Gasteiger partial charge in [-0.15, -0.1) is 0 Å². The summed E-state index contributed by atoms with van der Waals surface area (Å²) in [6.07, 6.45) is 7.72. The second-order valence-corrected chi connectivity index (χ2v) is 11.8. The first-order chi connectivity index (χ1) is 20.8. The van der Waals surface area contributed by atoms with Crippen molar-refractivity contribution >= 4 is 40.7 Å². The molecular formula is C33H36ClN3O6. The normalized spacial score (nSPS) is 28.1. The van der Waals surface area contributed by atoms with Crippen molar-refractivity contribution in [1.29, 1.82) is 0 Å². The summed E-state index contributed by atoms with van der Waals surface area (Å²) in [7, 11) is 0. The van der Waals surface area contributed by atoms with Crippen LogP contribution in [0.2, 0.25) is 5.02 Å². The summed E-state index contributed by atoms with van der Waals surface area (Å²) in [6, 6.07) is 11.8. The second-order valence-electron chi connectivity index (χ2n) is 11.4. The summed E-state index contributed by atoms with van der Waals surface area (Å²) in [5.41, 5.74) is 0.773. The summed E-state index contributed by atoms with van der Waals surface area (Å²) in [5, 5.41) is 9.89. The molecule has 0 aliphatic carbocycles. The van der Waals surface area contributed by atoms with Crippen LogP contribution in [0.1, 0.15) is 25.3 Å². The summed E-state index contributed by atoms with van der Waals surface area (Å²) in [4.78, 5) is 48.1. The number of amides is 3. The predicted molar refractivity (Wildman–Crippen MR) is 163 cm³/mol. The van der Waals surface area contributed by atoms with Crippen molar-refractivity contribution in [2.24, 2.45) is 11.8 Å². The van der Waals surface area contributed by atoms with Gasteiger partial charge in [-0.05, 0) is 62.6 Å². The highest BCUT2D eigenvalue weighted by molar-refractivity contribution is 6.34. The Hall–Kier alpha value is -3.66. The van der Waals surface area contributed by atoms with Gasteiger partial charge in [0, 0.05) is 31.9 Å². The summed E-state index contributed by atoms with van der Waals surface area (Å²) < 4.78 is 12.3. The molecule has 2 saturated heterocycles. The fourth-order valence-corrected chi connectivity index (χ4v) is 7.38. The van der Waals surface area contributed by atoms with Crippen LogP contribution < -0.4 is 14.5 Å². The van der Waals surface area contributed by atoms with E-state index in [9.17, 15) is 19.5 Å². The maximum Gasteiger partial charge on any atom is 0.253 e. The monoisotopic (exact) mass is 605 g/mol. The highest BCUT2D eigenvalue weighted by atomic mass is 35.5. The van der Waals surface area contributed by atoms with Crippen LogP contribution in [0.5, 0.6) is 5.75 Å². The molecule has 6 rings (SSSR count). The molecule has 9 nitrogen and oxygen atoms in total. The highest BCUT2D eigenvalue weighted by Gasteiger charge is 2.71. The van der Waals surface area contributed by atoms with Gasteiger partial charge in [0.2, 0.25) is 11.8 Å². The fourth-order valence-electron chi connectivity index (χ4n) is 7.06. The van der Waals surface area contributed by atoms with Crippen LogP contribution in [0, 0.1) is 18.8 Å². The zero-order valence-corrected chi connectivity index (χ0v) is 25.1. The van der Waals surface area contributed by atoms with E-state index in [1.54, 1.807) is 20.8 Å². The molecule has 2 fully saturated rings. The maximum absolute atomic E-state index is 14.6. The van der Waals surface area contributed by atoms with Gasteiger partial charge in [0.15, 0.2) is 0 Å². The van der Waals surface area contributed by atoms with Gasteiger partial charge in [-0.2, -0.15) is 0 Å². The van der Waals surface area contributed by atoms with Crippen molar-refractivity contribution in [3.05, 3.63) is 77.4 Å². The number of carbonyl (C=O) groups excluding carboxylic acids is 3. The van der Waals surface area contributed by atoms with E-state index in [1.807, 2.05) is 74.5 Å². The third kappa shape index (κ3) is 4.83. The van der Waals surface area contributed by atoms with Crippen LogP contribution in [-0.4, -0.2) is 78.3 Å². The van der Waals surface area contributed by atoms with Crippen LogP contribution in [0.25, 0.3) is 0 Å². The fraction of sp³-hybridized carbons (Fsp3) is 0.424. The van der Waals surface area contributed by atoms with E-state index in [1.165, 1.54) is 0 Å². The Balaban J connectivity index is 1.41. The summed E-state index contributed by atoms with van der Waals surface area (Å²) in [6.45, 7) is 5.14. The van der Waals surface area contributed by atoms with Gasteiger partial charge >= 0.3 is 0 Å². The Morgan fingerprint density at radius 2 is 1.77 bits per heavy atom. The molecule has 1 N–H and O–H groups in total. The minimum absolute atomic E-state index is 0.0262. The van der Waals surface area contributed by atoms with E-state index in [0.717, 1.165) is 5.56 Å². The number of nitrogens with zero attached hydrogens (tertiary/aromatic N) is 3. The van der Waals surface area contributed by atoms with E-state index in [4.69, 9.17) is 21.1 Å². The van der Waals surface area contributed by atoms with E-state index in [-0.39, 0.29) is 37.4 Å². The van der Waals surface area contributed by atoms with Gasteiger partial charge in [0.25, 0.3) is 5.91 Å². The minimum atomic E-state index is -1.34. The number of para-hydroxylation sites is 1. The number of unbranched alkanes of at least 4 members (excludes halogenated alkanes) is 1. The van der Waals surface area contributed by atoms with Crippen LogP contribution >= 0.6 is 11.6 Å². The van der Waals surface area contributed by atoms with Gasteiger partial charge in [-0.3, -0.25) is 14.4 Å². The van der Waals surface area contributed by atoms with Gasteiger partial charge in [-0.1, -0.05) is 48.0 Å². The number of benzene rings is 2. The topological polar surface area (TPSA) is 99.6 Å². The number of aryl methyl sites for hydroxylation is 1. The number of halogens is 1. The average molecular weight is 606 g/mol. The molecule has 4 aliphatic heterocycles. The van der Waals surface area contributed by atoms with Gasteiger partial charge < -0.3 is 29.3 Å². The number of aliphatic hydroxyl groups excluding tert-OH is 1. The quantitative estimate of drug-likeness (QED) is 0.362.